The van der Waals surface area contributed by atoms with E-state index in [1.807, 2.05) is 6.07 Å². The second-order valence-electron chi connectivity index (χ2n) is 3.47. The van der Waals surface area contributed by atoms with Crippen molar-refractivity contribution in [2.45, 2.75) is 0 Å². The normalized spacial score (nSPS) is 9.78. The highest BCUT2D eigenvalue weighted by Crippen LogP contribution is 2.20. The van der Waals surface area contributed by atoms with Gasteiger partial charge in [-0.3, -0.25) is 0 Å². The molecule has 6 heteroatoms. The Morgan fingerprint density at radius 2 is 2.33 bits per heavy atom. The zero-order valence-corrected chi connectivity index (χ0v) is 9.49. The van der Waals surface area contributed by atoms with Gasteiger partial charge in [-0.1, -0.05) is 0 Å². The molecular formula is C12H9N3O3. The quantitative estimate of drug-likeness (QED) is 0.881. The summed E-state index contributed by atoms with van der Waals surface area (Å²) in [4.78, 5) is 10.8. The molecule has 0 atom stereocenters. The van der Waals surface area contributed by atoms with Crippen molar-refractivity contribution in [3.63, 3.8) is 0 Å². The van der Waals surface area contributed by atoms with Crippen molar-refractivity contribution in [1.82, 2.24) is 9.78 Å². The fraction of sp³-hybridized carbons (Fsp3) is 0.0833. The van der Waals surface area contributed by atoms with E-state index >= 15 is 0 Å². The zero-order chi connectivity index (χ0) is 13.1. The largest absolute Gasteiger partial charge is 0.497 e. The van der Waals surface area contributed by atoms with Crippen LogP contribution < -0.4 is 4.74 Å². The number of nitrogens with zero attached hydrogens (tertiary/aromatic N) is 3. The summed E-state index contributed by atoms with van der Waals surface area (Å²) in [5, 5.41) is 21.8. The Labute approximate surface area is 103 Å². The minimum atomic E-state index is -1.07. The van der Waals surface area contributed by atoms with Crippen LogP contribution in [0.25, 0.3) is 5.69 Å². The van der Waals surface area contributed by atoms with Crippen LogP contribution in [0.1, 0.15) is 15.9 Å². The number of hydrogen-bond acceptors (Lipinski definition) is 4. The number of ether oxygens (including phenoxy) is 1. The summed E-state index contributed by atoms with van der Waals surface area (Å²) in [5.41, 5.74) is 0.918. The van der Waals surface area contributed by atoms with Crippen molar-refractivity contribution in [1.29, 1.82) is 5.26 Å². The van der Waals surface area contributed by atoms with E-state index in [4.69, 9.17) is 15.1 Å². The first-order valence-electron chi connectivity index (χ1n) is 5.02. The minimum absolute atomic E-state index is 0.0571. The first-order chi connectivity index (χ1) is 8.65. The van der Waals surface area contributed by atoms with Gasteiger partial charge in [0.25, 0.3) is 0 Å². The maximum atomic E-state index is 10.8. The lowest BCUT2D eigenvalue weighted by molar-refractivity contribution is 0.0697. The predicted molar refractivity (Wildman–Crippen MR) is 61.8 cm³/mol. The Balaban J connectivity index is 2.54. The summed E-state index contributed by atoms with van der Waals surface area (Å²) in [6.07, 6.45) is 2.57. The van der Waals surface area contributed by atoms with Crippen molar-refractivity contribution in [3.8, 4) is 17.5 Å². The first-order valence-corrected chi connectivity index (χ1v) is 5.02. The molecular weight excluding hydrogens is 234 g/mol. The minimum Gasteiger partial charge on any atom is -0.497 e. The van der Waals surface area contributed by atoms with Gasteiger partial charge in [-0.2, -0.15) is 10.4 Å². The average molecular weight is 243 g/mol. The van der Waals surface area contributed by atoms with Crippen LogP contribution in [0, 0.1) is 11.3 Å². The summed E-state index contributed by atoms with van der Waals surface area (Å²) in [6.45, 7) is 0. The van der Waals surface area contributed by atoms with Crippen molar-refractivity contribution < 1.29 is 14.6 Å². The molecule has 0 unspecified atom stereocenters. The van der Waals surface area contributed by atoms with Gasteiger partial charge in [-0.15, -0.1) is 0 Å². The summed E-state index contributed by atoms with van der Waals surface area (Å²) >= 11 is 0. The Bertz CT molecular complexity index is 640. The van der Waals surface area contributed by atoms with Gasteiger partial charge in [0.1, 0.15) is 11.8 Å². The third-order valence-electron chi connectivity index (χ3n) is 2.40. The van der Waals surface area contributed by atoms with Crippen LogP contribution in [-0.2, 0) is 0 Å². The van der Waals surface area contributed by atoms with Crippen molar-refractivity contribution in [2.75, 3.05) is 7.11 Å². The zero-order valence-electron chi connectivity index (χ0n) is 9.49. The van der Waals surface area contributed by atoms with E-state index in [0.29, 0.717) is 17.0 Å². The van der Waals surface area contributed by atoms with Gasteiger partial charge in [0.05, 0.1) is 30.1 Å². The third-order valence-corrected chi connectivity index (χ3v) is 2.40. The molecule has 0 aliphatic carbocycles. The number of rotatable bonds is 3. The Morgan fingerprint density at radius 3 is 2.89 bits per heavy atom. The number of aromatic nitrogens is 2. The molecule has 0 saturated carbocycles. The molecule has 18 heavy (non-hydrogen) atoms. The van der Waals surface area contributed by atoms with Gasteiger partial charge in [0.15, 0.2) is 0 Å². The number of hydrogen-bond donors (Lipinski definition) is 1. The standard InChI is InChI=1S/C12H9N3O3/c1-18-10-3-2-8(5-13)11(4-10)15-7-9(6-14-15)12(16)17/h2-4,6-7H,1H3,(H,16,17). The summed E-state index contributed by atoms with van der Waals surface area (Å²) in [5.74, 6) is -0.501. The van der Waals surface area contributed by atoms with E-state index in [-0.39, 0.29) is 5.56 Å². The van der Waals surface area contributed by atoms with Crippen molar-refractivity contribution in [2.24, 2.45) is 0 Å². The summed E-state index contributed by atoms with van der Waals surface area (Å²) in [6, 6.07) is 6.89. The fourth-order valence-corrected chi connectivity index (χ4v) is 1.49. The topological polar surface area (TPSA) is 88.1 Å². The van der Waals surface area contributed by atoms with E-state index in [9.17, 15) is 4.79 Å². The molecule has 0 aliphatic heterocycles. The van der Waals surface area contributed by atoms with Crippen molar-refractivity contribution >= 4 is 5.97 Å². The van der Waals surface area contributed by atoms with E-state index in [0.717, 1.165) is 0 Å². The molecule has 1 aromatic heterocycles. The molecule has 6 nitrogen and oxygen atoms in total. The summed E-state index contributed by atoms with van der Waals surface area (Å²) in [7, 11) is 1.51. The van der Waals surface area contributed by atoms with Crippen LogP contribution in [-0.4, -0.2) is 28.0 Å². The number of carboxylic acid groups (broad SMARTS) is 1. The van der Waals surface area contributed by atoms with Gasteiger partial charge in [-0.05, 0) is 12.1 Å². The molecule has 0 spiro atoms. The highest BCUT2D eigenvalue weighted by atomic mass is 16.5. The van der Waals surface area contributed by atoms with E-state index < -0.39 is 5.97 Å². The van der Waals surface area contributed by atoms with Gasteiger partial charge in [-0.25, -0.2) is 9.48 Å². The predicted octanol–water partition coefficient (Wildman–Crippen LogP) is 1.45. The van der Waals surface area contributed by atoms with Gasteiger partial charge in [0, 0.05) is 12.3 Å². The van der Waals surface area contributed by atoms with E-state index in [2.05, 4.69) is 5.10 Å². The summed E-state index contributed by atoms with van der Waals surface area (Å²) < 4.78 is 6.40. The van der Waals surface area contributed by atoms with Gasteiger partial charge in [0.2, 0.25) is 0 Å². The lowest BCUT2D eigenvalue weighted by Gasteiger charge is -2.06. The molecule has 0 saturated heterocycles. The molecule has 0 amide bonds. The number of aromatic carboxylic acids is 1. The molecule has 0 radical (unpaired) electrons. The number of nitriles is 1. The monoisotopic (exact) mass is 243 g/mol. The maximum Gasteiger partial charge on any atom is 0.338 e. The highest BCUT2D eigenvalue weighted by molar-refractivity contribution is 5.87. The lowest BCUT2D eigenvalue weighted by atomic mass is 10.2. The Kier molecular flexibility index (Phi) is 2.98. The average Bonchev–Trinajstić information content (AvgIpc) is 2.87. The van der Waals surface area contributed by atoms with Crippen LogP contribution in [0.15, 0.2) is 30.6 Å². The van der Waals surface area contributed by atoms with Crippen molar-refractivity contribution in [3.05, 3.63) is 41.7 Å². The smallest absolute Gasteiger partial charge is 0.338 e. The molecule has 0 aliphatic rings. The van der Waals surface area contributed by atoms with E-state index in [1.54, 1.807) is 18.2 Å². The van der Waals surface area contributed by atoms with Crippen LogP contribution in [0.3, 0.4) is 0 Å². The van der Waals surface area contributed by atoms with Crippen LogP contribution in [0.5, 0.6) is 5.75 Å². The van der Waals surface area contributed by atoms with E-state index in [1.165, 1.54) is 24.2 Å². The molecule has 1 N–H and O–H groups in total. The maximum absolute atomic E-state index is 10.8. The molecule has 0 bridgehead atoms. The molecule has 1 aromatic carbocycles. The van der Waals surface area contributed by atoms with Gasteiger partial charge < -0.3 is 9.84 Å². The second kappa shape index (κ2) is 4.59. The highest BCUT2D eigenvalue weighted by Gasteiger charge is 2.11. The number of carbonyl (C=O) groups is 1. The number of carboxylic acids is 1. The molecule has 2 aromatic rings. The molecule has 1 heterocycles. The van der Waals surface area contributed by atoms with Gasteiger partial charge >= 0.3 is 5.97 Å². The molecule has 0 fully saturated rings. The lowest BCUT2D eigenvalue weighted by Crippen LogP contribution is -1.99. The Hall–Kier alpha value is -2.81. The van der Waals surface area contributed by atoms with Crippen LogP contribution in [0.2, 0.25) is 0 Å². The molecule has 2 rings (SSSR count). The van der Waals surface area contributed by atoms with Crippen LogP contribution in [0.4, 0.5) is 0 Å². The fourth-order valence-electron chi connectivity index (χ4n) is 1.49. The second-order valence-corrected chi connectivity index (χ2v) is 3.47. The van der Waals surface area contributed by atoms with Crippen LogP contribution >= 0.6 is 0 Å². The Morgan fingerprint density at radius 1 is 1.56 bits per heavy atom. The first kappa shape index (κ1) is 11.7. The molecule has 90 valence electrons. The SMILES string of the molecule is COc1ccc(C#N)c(-n2cc(C(=O)O)cn2)c1. The number of benzene rings is 1. The third kappa shape index (κ3) is 2.01. The number of methoxy groups -OCH3 is 1.